The number of hydrogen-bond donors (Lipinski definition) is 2. The minimum atomic E-state index is -1.10. The maximum absolute atomic E-state index is 10.9. The Morgan fingerprint density at radius 1 is 1.36 bits per heavy atom. The molecule has 1 atom stereocenters. The third-order valence-electron chi connectivity index (χ3n) is 3.21. The van der Waals surface area contributed by atoms with E-state index < -0.39 is 10.5 Å². The van der Waals surface area contributed by atoms with E-state index in [-0.39, 0.29) is 5.69 Å². The van der Waals surface area contributed by atoms with Gasteiger partial charge in [0.05, 0.1) is 16.7 Å². The monoisotopic (exact) mass is 302 g/mol. The summed E-state index contributed by atoms with van der Waals surface area (Å²) in [4.78, 5) is 10.5. The molecule has 0 bridgehead atoms. The van der Waals surface area contributed by atoms with Gasteiger partial charge in [-0.25, -0.2) is 0 Å². The fraction of sp³-hybridized carbons (Fsp3) is 0.250. The van der Waals surface area contributed by atoms with Crippen molar-refractivity contribution in [3.8, 4) is 0 Å². The third kappa shape index (κ3) is 4.03. The molecule has 22 heavy (non-hydrogen) atoms. The van der Waals surface area contributed by atoms with Crippen LogP contribution in [0.3, 0.4) is 0 Å². The van der Waals surface area contributed by atoms with Crippen molar-refractivity contribution in [2.24, 2.45) is 0 Å². The number of nitrogens with zero attached hydrogens (tertiary/aromatic N) is 1. The molecule has 6 heteroatoms. The molecule has 0 saturated carbocycles. The number of hydrogen-bond acceptors (Lipinski definition) is 5. The van der Waals surface area contributed by atoms with Crippen molar-refractivity contribution >= 4 is 11.8 Å². The van der Waals surface area contributed by atoms with Crippen molar-refractivity contribution in [3.63, 3.8) is 0 Å². The van der Waals surface area contributed by atoms with Gasteiger partial charge in [-0.15, -0.1) is 0 Å². The van der Waals surface area contributed by atoms with Crippen LogP contribution in [0.1, 0.15) is 18.2 Å². The van der Waals surface area contributed by atoms with Crippen molar-refractivity contribution in [3.05, 3.63) is 70.2 Å². The lowest BCUT2D eigenvalue weighted by atomic mass is 10.0. The maximum atomic E-state index is 10.9. The van der Waals surface area contributed by atoms with Crippen LogP contribution in [0.5, 0.6) is 0 Å². The molecule has 1 heterocycles. The van der Waals surface area contributed by atoms with Gasteiger partial charge in [0.15, 0.2) is 0 Å². The molecular weight excluding hydrogens is 284 g/mol. The number of benzene rings is 1. The Bertz CT molecular complexity index is 648. The van der Waals surface area contributed by atoms with E-state index in [4.69, 9.17) is 4.42 Å². The van der Waals surface area contributed by atoms with Gasteiger partial charge >= 0.3 is 0 Å². The Morgan fingerprint density at radius 3 is 2.82 bits per heavy atom. The minimum Gasteiger partial charge on any atom is -0.466 e. The second-order valence-electron chi connectivity index (χ2n) is 5.10. The number of nitro groups is 1. The summed E-state index contributed by atoms with van der Waals surface area (Å²) >= 11 is 0. The van der Waals surface area contributed by atoms with Gasteiger partial charge in [-0.2, -0.15) is 0 Å². The Morgan fingerprint density at radius 2 is 2.14 bits per heavy atom. The van der Waals surface area contributed by atoms with E-state index >= 15 is 0 Å². The second kappa shape index (κ2) is 7.02. The normalized spacial score (nSPS) is 14.1. The van der Waals surface area contributed by atoms with Crippen LogP contribution in [0, 0.1) is 10.1 Å². The molecule has 0 aliphatic rings. The molecule has 0 radical (unpaired) electrons. The lowest BCUT2D eigenvalue weighted by molar-refractivity contribution is -0.385. The topological polar surface area (TPSA) is 88.5 Å². The molecule has 6 nitrogen and oxygen atoms in total. The van der Waals surface area contributed by atoms with Crippen molar-refractivity contribution < 1.29 is 14.4 Å². The van der Waals surface area contributed by atoms with Gasteiger partial charge in [-0.1, -0.05) is 24.3 Å². The predicted molar refractivity (Wildman–Crippen MR) is 83.3 cm³/mol. The summed E-state index contributed by atoms with van der Waals surface area (Å²) in [5.41, 5.74) is -0.482. The molecule has 1 aromatic heterocycles. The zero-order chi connectivity index (χ0) is 16.0. The first kappa shape index (κ1) is 15.9. The number of aliphatic hydroxyl groups is 1. The Kier molecular flexibility index (Phi) is 5.08. The molecule has 1 aromatic carbocycles. The molecule has 0 aliphatic heterocycles. The fourth-order valence-corrected chi connectivity index (χ4v) is 2.05. The fourth-order valence-electron chi connectivity index (χ4n) is 2.05. The summed E-state index contributed by atoms with van der Waals surface area (Å²) in [5.74, 6) is 0.489. The average Bonchev–Trinajstić information content (AvgIpc) is 3.02. The summed E-state index contributed by atoms with van der Waals surface area (Å²) in [7, 11) is 0. The molecule has 0 amide bonds. The minimum absolute atomic E-state index is 0.0707. The highest BCUT2D eigenvalue weighted by molar-refractivity contribution is 5.60. The largest absolute Gasteiger partial charge is 0.466 e. The molecule has 0 spiro atoms. The van der Waals surface area contributed by atoms with E-state index in [0.29, 0.717) is 24.4 Å². The summed E-state index contributed by atoms with van der Waals surface area (Å²) in [6.45, 7) is 2.44. The lowest BCUT2D eigenvalue weighted by Crippen LogP contribution is -2.35. The predicted octanol–water partition coefficient (Wildman–Crippen LogP) is 2.70. The van der Waals surface area contributed by atoms with E-state index in [1.165, 1.54) is 12.3 Å². The van der Waals surface area contributed by atoms with Gasteiger partial charge in [0.1, 0.15) is 11.4 Å². The molecule has 2 N–H and O–H groups in total. The second-order valence-corrected chi connectivity index (χ2v) is 5.10. The summed E-state index contributed by atoms with van der Waals surface area (Å²) < 4.78 is 5.18. The third-order valence-corrected chi connectivity index (χ3v) is 3.21. The molecule has 0 fully saturated rings. The smallest absolute Gasteiger partial charge is 0.276 e. The Labute approximate surface area is 128 Å². The van der Waals surface area contributed by atoms with Crippen LogP contribution in [0.25, 0.3) is 6.08 Å². The van der Waals surface area contributed by atoms with Gasteiger partial charge in [-0.3, -0.25) is 10.1 Å². The first-order valence-electron chi connectivity index (χ1n) is 6.88. The standard InChI is InChI=1S/C16H18N2O4/c1-16(19,15-9-5-11-22-15)12-17-10-4-7-13-6-2-3-8-14(13)18(20)21/h2-9,11,17,19H,10,12H2,1H3/b7-4+. The average molecular weight is 302 g/mol. The van der Waals surface area contributed by atoms with E-state index in [0.717, 1.165) is 0 Å². The van der Waals surface area contributed by atoms with Crippen molar-refractivity contribution in [2.45, 2.75) is 12.5 Å². The van der Waals surface area contributed by atoms with Crippen molar-refractivity contribution in [2.75, 3.05) is 13.1 Å². The zero-order valence-corrected chi connectivity index (χ0v) is 12.2. The number of nitrogens with one attached hydrogen (secondary N) is 1. The number of nitro benzene ring substituents is 1. The number of para-hydroxylation sites is 1. The van der Waals surface area contributed by atoms with E-state index in [1.54, 1.807) is 49.4 Å². The van der Waals surface area contributed by atoms with Crippen molar-refractivity contribution in [1.82, 2.24) is 5.32 Å². The quantitative estimate of drug-likeness (QED) is 0.466. The van der Waals surface area contributed by atoms with Crippen LogP contribution >= 0.6 is 0 Å². The van der Waals surface area contributed by atoms with Crippen LogP contribution < -0.4 is 5.32 Å². The van der Waals surface area contributed by atoms with Gasteiger partial charge in [0.25, 0.3) is 5.69 Å². The molecule has 0 saturated heterocycles. The van der Waals surface area contributed by atoms with Crippen LogP contribution in [-0.2, 0) is 5.60 Å². The molecule has 0 aliphatic carbocycles. The summed E-state index contributed by atoms with van der Waals surface area (Å²) in [6.07, 6.45) is 4.98. The summed E-state index contributed by atoms with van der Waals surface area (Å²) in [6, 6.07) is 9.97. The molecule has 2 rings (SSSR count). The molecular formula is C16H18N2O4. The van der Waals surface area contributed by atoms with Gasteiger partial charge in [0.2, 0.25) is 0 Å². The molecule has 1 unspecified atom stereocenters. The van der Waals surface area contributed by atoms with Crippen LogP contribution in [-0.4, -0.2) is 23.1 Å². The lowest BCUT2D eigenvalue weighted by Gasteiger charge is -2.20. The van der Waals surface area contributed by atoms with Gasteiger partial charge in [-0.05, 0) is 25.1 Å². The first-order chi connectivity index (χ1) is 10.5. The van der Waals surface area contributed by atoms with Gasteiger partial charge < -0.3 is 14.8 Å². The zero-order valence-electron chi connectivity index (χ0n) is 12.2. The Hall–Kier alpha value is -2.44. The van der Waals surface area contributed by atoms with Crippen LogP contribution in [0.4, 0.5) is 5.69 Å². The van der Waals surface area contributed by atoms with E-state index in [9.17, 15) is 15.2 Å². The first-order valence-corrected chi connectivity index (χ1v) is 6.88. The number of furan rings is 1. The maximum Gasteiger partial charge on any atom is 0.276 e. The molecule has 2 aromatic rings. The highest BCUT2D eigenvalue weighted by atomic mass is 16.6. The van der Waals surface area contributed by atoms with Crippen LogP contribution in [0.15, 0.2) is 53.2 Å². The highest BCUT2D eigenvalue weighted by Crippen LogP contribution is 2.20. The van der Waals surface area contributed by atoms with E-state index in [1.807, 2.05) is 0 Å². The highest BCUT2D eigenvalue weighted by Gasteiger charge is 2.25. The number of rotatable bonds is 7. The van der Waals surface area contributed by atoms with Crippen molar-refractivity contribution in [1.29, 1.82) is 0 Å². The molecule has 116 valence electrons. The van der Waals surface area contributed by atoms with Crippen LogP contribution in [0.2, 0.25) is 0 Å². The van der Waals surface area contributed by atoms with E-state index in [2.05, 4.69) is 5.32 Å². The van der Waals surface area contributed by atoms with Gasteiger partial charge in [0, 0.05) is 19.2 Å². The Balaban J connectivity index is 1.88. The summed E-state index contributed by atoms with van der Waals surface area (Å²) in [5, 5.41) is 24.2. The SMILES string of the molecule is CC(O)(CNC/C=C/c1ccccc1[N+](=O)[O-])c1ccco1.